The molecule has 0 radical (unpaired) electrons. The summed E-state index contributed by atoms with van der Waals surface area (Å²) >= 11 is 3.50. The number of hydrogen-bond acceptors (Lipinski definition) is 0. The normalized spacial score (nSPS) is 8.00. The summed E-state index contributed by atoms with van der Waals surface area (Å²) in [6, 6.07) is 16.4. The minimum atomic E-state index is -0.566. The zero-order valence-electron chi connectivity index (χ0n) is 9.83. The van der Waals surface area contributed by atoms with Crippen molar-refractivity contribution in [3.8, 4) is 0 Å². The Labute approximate surface area is 146 Å². The summed E-state index contributed by atoms with van der Waals surface area (Å²) in [6.45, 7) is 4.67. The second kappa shape index (κ2) is 13.3. The molecule has 0 aromatic heterocycles. The van der Waals surface area contributed by atoms with Crippen molar-refractivity contribution in [2.45, 2.75) is 13.1 Å². The van der Waals surface area contributed by atoms with Crippen LogP contribution >= 0.6 is 15.9 Å². The van der Waals surface area contributed by atoms with Gasteiger partial charge in [0.15, 0.2) is 0 Å². The Bertz CT molecular complexity index is 330. The van der Waals surface area contributed by atoms with E-state index in [0.717, 1.165) is 0 Å². The van der Waals surface area contributed by atoms with Gasteiger partial charge in [-0.05, 0) is 0 Å². The molecule has 0 fully saturated rings. The Hall–Kier alpha value is 0.860. The fourth-order valence-corrected chi connectivity index (χ4v) is 4.00. The zero-order valence-corrected chi connectivity index (χ0v) is 16.5. The van der Waals surface area contributed by atoms with E-state index in [9.17, 15) is 0 Å². The maximum Gasteiger partial charge on any atom is 4.00 e. The summed E-state index contributed by atoms with van der Waals surface area (Å²) in [6.07, 6.45) is 0. The van der Waals surface area contributed by atoms with Crippen molar-refractivity contribution >= 4 is 29.9 Å². The van der Waals surface area contributed by atoms with Gasteiger partial charge in [0.2, 0.25) is 0 Å². The van der Waals surface area contributed by atoms with E-state index in [1.807, 2.05) is 30.3 Å². The van der Waals surface area contributed by atoms with E-state index in [4.69, 9.17) is 0 Å². The van der Waals surface area contributed by atoms with Gasteiger partial charge in [-0.15, -0.1) is 4.47 Å². The minimum absolute atomic E-state index is 0. The Balaban J connectivity index is -0.000000216. The van der Waals surface area contributed by atoms with Crippen LogP contribution in [0, 0.1) is 0 Å². The topological polar surface area (TPSA) is 0 Å². The zero-order chi connectivity index (χ0) is 10.4. The number of hydrogen-bond donors (Lipinski definition) is 0. The molecular weight excluding hydrogens is 414 g/mol. The van der Waals surface area contributed by atoms with Crippen LogP contribution in [0.3, 0.4) is 0 Å². The second-order valence-corrected chi connectivity index (χ2v) is 7.23. The van der Waals surface area contributed by atoms with Crippen molar-refractivity contribution in [3.05, 3.63) is 53.0 Å². The summed E-state index contributed by atoms with van der Waals surface area (Å²) in [5.41, 5.74) is 0. The van der Waals surface area contributed by atoms with E-state index in [1.165, 1.54) is 9.66 Å². The van der Waals surface area contributed by atoms with Gasteiger partial charge in [0.25, 0.3) is 0 Å². The van der Waals surface area contributed by atoms with Gasteiger partial charge in [-0.25, -0.2) is 18.2 Å². The molecule has 17 heavy (non-hydrogen) atoms. The van der Waals surface area contributed by atoms with Crippen LogP contribution in [0.5, 0.6) is 0 Å². The Morgan fingerprint density at radius 3 is 1.82 bits per heavy atom. The first-order chi connectivity index (χ1) is 6.72. The maximum absolute atomic E-state index is 3.50. The van der Waals surface area contributed by atoms with Gasteiger partial charge in [0.1, 0.15) is 0 Å². The standard InChI is InChI=1S/C7H10BrSi.C5H5.2ClH.Zr/c1-9(2)7-5-3-4-6(7)8;1-2-4-5-3-1;;;/h3-5,9H,1-2H3;1-5H;2*1H;/q2*-1;;;+4/p-2. The molecule has 0 saturated carbocycles. The molecule has 0 nitrogen and oxygen atoms in total. The molecule has 0 aliphatic carbocycles. The van der Waals surface area contributed by atoms with E-state index in [0.29, 0.717) is 0 Å². The molecule has 2 aromatic rings. The average Bonchev–Trinajstić information content (AvgIpc) is 2.74. The average molecular weight is 429 g/mol. The molecule has 0 unspecified atom stereocenters. The van der Waals surface area contributed by atoms with Gasteiger partial charge in [0, 0.05) is 8.80 Å². The first-order valence-corrected chi connectivity index (χ1v) is 8.47. The van der Waals surface area contributed by atoms with Crippen molar-refractivity contribution in [2.24, 2.45) is 0 Å². The van der Waals surface area contributed by atoms with Gasteiger partial charge in [0.05, 0.1) is 0 Å². The van der Waals surface area contributed by atoms with Crippen LogP contribution in [0.4, 0.5) is 0 Å². The smallest absolute Gasteiger partial charge is 1.00 e. The molecule has 0 N–H and O–H groups in total. The first-order valence-electron chi connectivity index (χ1n) is 4.79. The third-order valence-electron chi connectivity index (χ3n) is 1.97. The molecule has 2 aromatic carbocycles. The fraction of sp³-hybridized carbons (Fsp3) is 0.167. The van der Waals surface area contributed by atoms with E-state index in [1.54, 1.807) is 0 Å². The second-order valence-electron chi connectivity index (χ2n) is 3.45. The van der Waals surface area contributed by atoms with Crippen molar-refractivity contribution < 1.29 is 51.0 Å². The van der Waals surface area contributed by atoms with Gasteiger partial charge in [-0.3, -0.25) is 0 Å². The Morgan fingerprint density at radius 2 is 1.65 bits per heavy atom. The predicted octanol–water partition coefficient (Wildman–Crippen LogP) is -2.73. The van der Waals surface area contributed by atoms with Crippen molar-refractivity contribution in [1.82, 2.24) is 0 Å². The molecule has 0 aliphatic rings. The van der Waals surface area contributed by atoms with Crippen LogP contribution in [0.1, 0.15) is 0 Å². The fourth-order valence-electron chi connectivity index (χ4n) is 1.20. The first kappa shape index (κ1) is 23.0. The third-order valence-corrected chi connectivity index (χ3v) is 4.86. The predicted molar refractivity (Wildman–Crippen MR) is 70.3 cm³/mol. The molecular formula is C12H15BrCl2SiZr. The molecule has 0 atom stereocenters. The summed E-state index contributed by atoms with van der Waals surface area (Å²) < 4.78 is 1.30. The van der Waals surface area contributed by atoms with Crippen LogP contribution in [0.25, 0.3) is 0 Å². The van der Waals surface area contributed by atoms with Crippen LogP contribution in [-0.2, 0) is 26.2 Å². The molecule has 0 heterocycles. The van der Waals surface area contributed by atoms with Crippen LogP contribution < -0.4 is 30.0 Å². The molecule has 2 rings (SSSR count). The van der Waals surface area contributed by atoms with Gasteiger partial charge in [-0.1, -0.05) is 29.0 Å². The Morgan fingerprint density at radius 1 is 1.12 bits per heavy atom. The maximum atomic E-state index is 3.50. The summed E-state index contributed by atoms with van der Waals surface area (Å²) in [5.74, 6) is 0. The van der Waals surface area contributed by atoms with E-state index < -0.39 is 8.80 Å². The monoisotopic (exact) mass is 426 g/mol. The summed E-state index contributed by atoms with van der Waals surface area (Å²) in [5, 5.41) is 1.54. The van der Waals surface area contributed by atoms with Gasteiger partial charge in [-0.2, -0.15) is 35.5 Å². The largest absolute Gasteiger partial charge is 4.00 e. The molecule has 5 heteroatoms. The molecule has 0 spiro atoms. The van der Waals surface area contributed by atoms with Gasteiger partial charge < -0.3 is 24.8 Å². The van der Waals surface area contributed by atoms with Crippen molar-refractivity contribution in [2.75, 3.05) is 0 Å². The number of halogens is 3. The third kappa shape index (κ3) is 9.44. The van der Waals surface area contributed by atoms with E-state index in [2.05, 4.69) is 47.2 Å². The van der Waals surface area contributed by atoms with E-state index >= 15 is 0 Å². The molecule has 0 amide bonds. The minimum Gasteiger partial charge on any atom is -1.00 e. The van der Waals surface area contributed by atoms with Crippen molar-refractivity contribution in [3.63, 3.8) is 0 Å². The van der Waals surface area contributed by atoms with Crippen LogP contribution in [0.2, 0.25) is 13.1 Å². The van der Waals surface area contributed by atoms with Crippen molar-refractivity contribution in [1.29, 1.82) is 0 Å². The summed E-state index contributed by atoms with van der Waals surface area (Å²) in [7, 11) is -0.566. The molecule has 92 valence electrons. The van der Waals surface area contributed by atoms with Gasteiger partial charge >= 0.3 is 26.2 Å². The summed E-state index contributed by atoms with van der Waals surface area (Å²) in [4.78, 5) is 0. The van der Waals surface area contributed by atoms with E-state index in [-0.39, 0.29) is 51.0 Å². The molecule has 0 saturated heterocycles. The molecule has 0 aliphatic heterocycles. The quantitative estimate of drug-likeness (QED) is 0.341. The van der Waals surface area contributed by atoms with Crippen LogP contribution in [-0.4, -0.2) is 8.80 Å². The SMILES string of the molecule is C[SiH](C)[c-]1cccc1Br.[Cl-].[Cl-].[Zr+4].c1cc[cH-]c1. The number of rotatable bonds is 1. The molecule has 0 bridgehead atoms. The Kier molecular flexibility index (Phi) is 18.0. The van der Waals surface area contributed by atoms with Crippen LogP contribution in [0.15, 0.2) is 53.0 Å².